The molecule has 3 rings (SSSR count). The van der Waals surface area contributed by atoms with Crippen LogP contribution in [0.3, 0.4) is 0 Å². The third kappa shape index (κ3) is 4.65. The van der Waals surface area contributed by atoms with E-state index in [-0.39, 0.29) is 0 Å². The van der Waals surface area contributed by atoms with Gasteiger partial charge in [-0.2, -0.15) is 0 Å². The molecule has 28 heavy (non-hydrogen) atoms. The molecule has 0 saturated heterocycles. The topological polar surface area (TPSA) is 17.1 Å². The first-order valence-electron chi connectivity index (χ1n) is 12.2. The maximum Gasteiger partial charge on any atom is 0.155 e. The molecule has 158 valence electrons. The van der Waals surface area contributed by atoms with Crippen molar-refractivity contribution in [2.24, 2.45) is 40.9 Å². The molecular weight excluding hydrogens is 340 g/mol. The smallest absolute Gasteiger partial charge is 0.155 e. The van der Waals surface area contributed by atoms with Crippen LogP contribution in [0.2, 0.25) is 0 Å². The molecule has 0 unspecified atom stereocenters. The lowest BCUT2D eigenvalue weighted by Gasteiger charge is -2.50. The van der Waals surface area contributed by atoms with Gasteiger partial charge < -0.3 is 0 Å². The molecule has 0 bridgehead atoms. The largest absolute Gasteiger partial charge is 0.295 e. The minimum atomic E-state index is 0.343. The molecule has 0 aromatic carbocycles. The molecule has 0 aromatic heterocycles. The molecule has 0 aromatic rings. The molecule has 0 radical (unpaired) electrons. The van der Waals surface area contributed by atoms with Crippen LogP contribution in [0, 0.1) is 40.9 Å². The summed E-state index contributed by atoms with van der Waals surface area (Å²) in [7, 11) is 0. The molecule has 0 aliphatic heterocycles. The summed E-state index contributed by atoms with van der Waals surface area (Å²) in [6, 6.07) is 0. The van der Waals surface area contributed by atoms with Crippen LogP contribution in [0.5, 0.6) is 0 Å². The lowest BCUT2D eigenvalue weighted by molar-refractivity contribution is -0.115. The first-order valence-corrected chi connectivity index (χ1v) is 12.2. The monoisotopic (exact) mass is 384 g/mol. The van der Waals surface area contributed by atoms with Gasteiger partial charge in [-0.25, -0.2) is 0 Å². The highest BCUT2D eigenvalue weighted by Crippen LogP contribution is 2.62. The van der Waals surface area contributed by atoms with Gasteiger partial charge in [0.05, 0.1) is 0 Å². The zero-order valence-electron chi connectivity index (χ0n) is 19.2. The molecular formula is C27H44O. The predicted molar refractivity (Wildman–Crippen MR) is 120 cm³/mol. The molecule has 3 aliphatic carbocycles. The van der Waals surface area contributed by atoms with E-state index in [1.54, 1.807) is 5.57 Å². The molecule has 3 aliphatic rings. The zero-order valence-corrected chi connectivity index (χ0v) is 19.2. The van der Waals surface area contributed by atoms with E-state index in [0.717, 1.165) is 48.9 Å². The molecule has 2 saturated carbocycles. The Balaban J connectivity index is 1.75. The normalized spacial score (nSPS) is 40.4. The molecule has 0 amide bonds. The van der Waals surface area contributed by atoms with Crippen LogP contribution >= 0.6 is 0 Å². The Kier molecular flexibility index (Phi) is 7.26. The highest BCUT2D eigenvalue weighted by Gasteiger charge is 2.54. The number of hydrogen-bond acceptors (Lipinski definition) is 1. The SMILES string of the molecule is C/C1=C\C/C=C\C(=O)CC[C@@H]2[C@@H]1CC[C@]1(C)[C@@H]([C@H](C)CCCC(C)C)CC[C@@H]21. The predicted octanol–water partition coefficient (Wildman–Crippen LogP) is 7.76. The van der Waals surface area contributed by atoms with Crippen LogP contribution in [-0.4, -0.2) is 5.78 Å². The summed E-state index contributed by atoms with van der Waals surface area (Å²) in [5.41, 5.74) is 2.10. The summed E-state index contributed by atoms with van der Waals surface area (Å²) >= 11 is 0. The maximum absolute atomic E-state index is 12.3. The summed E-state index contributed by atoms with van der Waals surface area (Å²) < 4.78 is 0. The maximum atomic E-state index is 12.3. The van der Waals surface area contributed by atoms with E-state index in [0.29, 0.717) is 17.1 Å². The zero-order chi connectivity index (χ0) is 20.3. The van der Waals surface area contributed by atoms with Gasteiger partial charge in [-0.1, -0.05) is 64.7 Å². The van der Waals surface area contributed by atoms with E-state index in [2.05, 4.69) is 46.8 Å². The van der Waals surface area contributed by atoms with Crippen LogP contribution in [0.1, 0.15) is 98.8 Å². The molecule has 6 atom stereocenters. The number of carbonyl (C=O) groups is 1. The fourth-order valence-electron chi connectivity index (χ4n) is 7.28. The fraction of sp³-hybridized carbons (Fsp3) is 0.815. The average molecular weight is 385 g/mol. The van der Waals surface area contributed by atoms with E-state index >= 15 is 0 Å². The van der Waals surface area contributed by atoms with Crippen LogP contribution < -0.4 is 0 Å². The Hall–Kier alpha value is -0.850. The third-order valence-electron chi connectivity index (χ3n) is 8.83. The van der Waals surface area contributed by atoms with Gasteiger partial charge in [-0.3, -0.25) is 4.79 Å². The summed E-state index contributed by atoms with van der Waals surface area (Å²) in [6.45, 7) is 12.2. The highest BCUT2D eigenvalue weighted by molar-refractivity contribution is 5.89. The summed E-state index contributed by atoms with van der Waals surface area (Å²) in [4.78, 5) is 12.3. The second-order valence-corrected chi connectivity index (χ2v) is 11.0. The minimum absolute atomic E-state index is 0.343. The van der Waals surface area contributed by atoms with Gasteiger partial charge in [-0.05, 0) is 92.4 Å². The van der Waals surface area contributed by atoms with E-state index in [1.807, 2.05) is 6.08 Å². The third-order valence-corrected chi connectivity index (χ3v) is 8.83. The Morgan fingerprint density at radius 2 is 1.89 bits per heavy atom. The van der Waals surface area contributed by atoms with Crippen molar-refractivity contribution in [3.63, 3.8) is 0 Å². The average Bonchev–Trinajstić information content (AvgIpc) is 2.99. The number of rotatable bonds is 5. The summed E-state index contributed by atoms with van der Waals surface area (Å²) in [5, 5.41) is 0. The number of hydrogen-bond donors (Lipinski definition) is 0. The van der Waals surface area contributed by atoms with Gasteiger partial charge in [0.1, 0.15) is 0 Å². The fourth-order valence-corrected chi connectivity index (χ4v) is 7.28. The van der Waals surface area contributed by atoms with E-state index in [9.17, 15) is 4.79 Å². The second kappa shape index (κ2) is 9.31. The van der Waals surface area contributed by atoms with Crippen LogP contribution in [0.25, 0.3) is 0 Å². The van der Waals surface area contributed by atoms with E-state index in [4.69, 9.17) is 0 Å². The van der Waals surface area contributed by atoms with Gasteiger partial charge >= 0.3 is 0 Å². The Labute approximate surface area is 174 Å². The highest BCUT2D eigenvalue weighted by atomic mass is 16.1. The number of allylic oxidation sites excluding steroid dienone is 4. The van der Waals surface area contributed by atoms with Gasteiger partial charge in [0.2, 0.25) is 0 Å². The Bertz CT molecular complexity index is 597. The Morgan fingerprint density at radius 1 is 1.11 bits per heavy atom. The van der Waals surface area contributed by atoms with Gasteiger partial charge in [-0.15, -0.1) is 0 Å². The number of fused-ring (bicyclic) bond motifs is 3. The minimum Gasteiger partial charge on any atom is -0.295 e. The molecule has 0 N–H and O–H groups in total. The van der Waals surface area contributed by atoms with Crippen molar-refractivity contribution in [1.29, 1.82) is 0 Å². The lowest BCUT2D eigenvalue weighted by Crippen LogP contribution is -2.43. The lowest BCUT2D eigenvalue weighted by atomic mass is 9.54. The molecule has 1 heteroatoms. The number of ketones is 1. The van der Waals surface area contributed by atoms with Crippen molar-refractivity contribution >= 4 is 5.78 Å². The first-order chi connectivity index (χ1) is 13.3. The first kappa shape index (κ1) is 21.8. The van der Waals surface area contributed by atoms with Crippen molar-refractivity contribution in [2.45, 2.75) is 98.8 Å². The standard InChI is InChI=1S/C27H44O/c1-19(2)9-8-11-21(4)25-15-16-26-24-14-13-22(28)12-7-6-10-20(3)23(24)17-18-27(25,26)5/h7,10,12,19,21,23-26H,6,8-9,11,13-18H2,1-5H3/b12-7-,20-10+/t21-,23-,24-,25-,26+,27-/m1/s1. The van der Waals surface area contributed by atoms with Gasteiger partial charge in [0, 0.05) is 6.42 Å². The Morgan fingerprint density at radius 3 is 2.64 bits per heavy atom. The van der Waals surface area contributed by atoms with Crippen LogP contribution in [-0.2, 0) is 4.79 Å². The van der Waals surface area contributed by atoms with Crippen molar-refractivity contribution in [2.75, 3.05) is 0 Å². The van der Waals surface area contributed by atoms with Crippen molar-refractivity contribution < 1.29 is 4.79 Å². The summed E-state index contributed by atoms with van der Waals surface area (Å²) in [6.07, 6.45) is 18.8. The molecule has 0 spiro atoms. The van der Waals surface area contributed by atoms with Crippen molar-refractivity contribution in [3.05, 3.63) is 23.8 Å². The van der Waals surface area contributed by atoms with Crippen LogP contribution in [0.15, 0.2) is 23.8 Å². The summed E-state index contributed by atoms with van der Waals surface area (Å²) in [5.74, 6) is 5.18. The van der Waals surface area contributed by atoms with Crippen LogP contribution in [0.4, 0.5) is 0 Å². The molecule has 1 nitrogen and oxygen atoms in total. The second-order valence-electron chi connectivity index (χ2n) is 11.0. The van der Waals surface area contributed by atoms with Gasteiger partial charge in [0.25, 0.3) is 0 Å². The molecule has 2 fully saturated rings. The molecule has 0 heterocycles. The van der Waals surface area contributed by atoms with Crippen molar-refractivity contribution in [1.82, 2.24) is 0 Å². The van der Waals surface area contributed by atoms with Crippen molar-refractivity contribution in [3.8, 4) is 0 Å². The van der Waals surface area contributed by atoms with E-state index < -0.39 is 0 Å². The van der Waals surface area contributed by atoms with Gasteiger partial charge in [0.15, 0.2) is 5.78 Å². The quantitative estimate of drug-likeness (QED) is 0.442. The van der Waals surface area contributed by atoms with E-state index in [1.165, 1.54) is 44.9 Å². The number of carbonyl (C=O) groups excluding carboxylic acids is 1.